The van der Waals surface area contributed by atoms with Crippen LogP contribution in [-0.2, 0) is 18.2 Å². The highest BCUT2D eigenvalue weighted by Crippen LogP contribution is 2.37. The summed E-state index contributed by atoms with van der Waals surface area (Å²) in [6, 6.07) is 7.94. The molecule has 112 valence electrons. The molecule has 2 rings (SSSR count). The van der Waals surface area contributed by atoms with E-state index in [1.165, 1.54) is 6.92 Å². The molecular formula is C15H13BrF3NO. The van der Waals surface area contributed by atoms with Crippen molar-refractivity contribution in [3.05, 3.63) is 63.9 Å². The van der Waals surface area contributed by atoms with Crippen LogP contribution < -0.4 is 0 Å². The maximum absolute atomic E-state index is 13.0. The summed E-state index contributed by atoms with van der Waals surface area (Å²) >= 11 is 3.29. The third-order valence-corrected chi connectivity index (χ3v) is 3.70. The summed E-state index contributed by atoms with van der Waals surface area (Å²) in [5.74, 6) is 0. The summed E-state index contributed by atoms with van der Waals surface area (Å²) in [5, 5.41) is 10.5. The second-order valence-electron chi connectivity index (χ2n) is 5.00. The van der Waals surface area contributed by atoms with Gasteiger partial charge in [0, 0.05) is 28.9 Å². The number of hydrogen-bond acceptors (Lipinski definition) is 2. The lowest BCUT2D eigenvalue weighted by Gasteiger charge is -2.27. The fourth-order valence-electron chi connectivity index (χ4n) is 2.17. The van der Waals surface area contributed by atoms with E-state index in [1.807, 2.05) is 0 Å². The topological polar surface area (TPSA) is 33.1 Å². The summed E-state index contributed by atoms with van der Waals surface area (Å²) in [5.41, 5.74) is -2.01. The molecule has 1 aromatic heterocycles. The number of alkyl halides is 3. The van der Waals surface area contributed by atoms with Crippen LogP contribution in [0.15, 0.2) is 47.2 Å². The van der Waals surface area contributed by atoms with E-state index in [2.05, 4.69) is 20.9 Å². The number of benzene rings is 1. The Kier molecular flexibility index (Phi) is 4.39. The zero-order valence-corrected chi connectivity index (χ0v) is 12.7. The lowest BCUT2D eigenvalue weighted by atomic mass is 9.87. The van der Waals surface area contributed by atoms with Crippen LogP contribution in [0.5, 0.6) is 0 Å². The van der Waals surface area contributed by atoms with E-state index in [4.69, 9.17) is 0 Å². The van der Waals surface area contributed by atoms with Crippen LogP contribution in [0.1, 0.15) is 23.6 Å². The van der Waals surface area contributed by atoms with Crippen LogP contribution in [0.2, 0.25) is 0 Å². The monoisotopic (exact) mass is 359 g/mol. The van der Waals surface area contributed by atoms with Gasteiger partial charge in [0.05, 0.1) is 11.2 Å². The summed E-state index contributed by atoms with van der Waals surface area (Å²) in [6.07, 6.45) is -2.32. The van der Waals surface area contributed by atoms with Crippen molar-refractivity contribution in [2.24, 2.45) is 0 Å². The molecule has 2 aromatic rings. The third-order valence-electron chi connectivity index (χ3n) is 3.17. The molecular weight excluding hydrogens is 347 g/mol. The van der Waals surface area contributed by atoms with E-state index >= 15 is 0 Å². The number of halogens is 4. The van der Waals surface area contributed by atoms with Crippen LogP contribution in [0, 0.1) is 0 Å². The van der Waals surface area contributed by atoms with Gasteiger partial charge in [0.1, 0.15) is 0 Å². The molecule has 0 aliphatic carbocycles. The standard InChI is InChI=1S/C15H13BrF3NO/c1-14(21,8-10-2-4-11(16)5-3-10)13-9-20-7-6-12(13)15(17,18)19/h2-7,9,21H,8H2,1H3. The van der Waals surface area contributed by atoms with E-state index in [-0.39, 0.29) is 12.0 Å². The SMILES string of the molecule is CC(O)(Cc1ccc(Br)cc1)c1cnccc1C(F)(F)F. The number of rotatable bonds is 3. The molecule has 0 bridgehead atoms. The minimum absolute atomic E-state index is 0.0645. The normalized spacial score (nSPS) is 14.8. The second kappa shape index (κ2) is 5.77. The predicted octanol–water partition coefficient (Wildman–Crippen LogP) is 4.31. The van der Waals surface area contributed by atoms with Crippen LogP contribution in [0.4, 0.5) is 13.2 Å². The third kappa shape index (κ3) is 3.83. The number of aromatic nitrogens is 1. The first-order chi connectivity index (χ1) is 9.70. The zero-order valence-electron chi connectivity index (χ0n) is 11.2. The molecule has 1 unspecified atom stereocenters. The van der Waals surface area contributed by atoms with Gasteiger partial charge in [0.2, 0.25) is 0 Å². The molecule has 0 saturated carbocycles. The van der Waals surface area contributed by atoms with Crippen molar-refractivity contribution < 1.29 is 18.3 Å². The molecule has 1 N–H and O–H groups in total. The van der Waals surface area contributed by atoms with Gasteiger partial charge in [0.15, 0.2) is 0 Å². The Bertz CT molecular complexity index is 624. The molecule has 0 radical (unpaired) electrons. The van der Waals surface area contributed by atoms with Crippen LogP contribution >= 0.6 is 15.9 Å². The summed E-state index contributed by atoms with van der Waals surface area (Å²) in [7, 11) is 0. The molecule has 2 nitrogen and oxygen atoms in total. The predicted molar refractivity (Wildman–Crippen MR) is 76.7 cm³/mol. The van der Waals surface area contributed by atoms with Crippen molar-refractivity contribution in [3.63, 3.8) is 0 Å². The largest absolute Gasteiger partial charge is 0.416 e. The van der Waals surface area contributed by atoms with E-state index in [9.17, 15) is 18.3 Å². The van der Waals surface area contributed by atoms with Crippen molar-refractivity contribution in [2.75, 3.05) is 0 Å². The highest BCUT2D eigenvalue weighted by molar-refractivity contribution is 9.10. The van der Waals surface area contributed by atoms with Crippen molar-refractivity contribution in [2.45, 2.75) is 25.1 Å². The van der Waals surface area contributed by atoms with E-state index in [0.29, 0.717) is 0 Å². The zero-order chi connectivity index (χ0) is 15.7. The summed E-state index contributed by atoms with van der Waals surface area (Å²) < 4.78 is 39.9. The molecule has 0 saturated heterocycles. The summed E-state index contributed by atoms with van der Waals surface area (Å²) in [6.45, 7) is 1.36. The minimum atomic E-state index is -4.53. The van der Waals surface area contributed by atoms with Crippen molar-refractivity contribution in [1.29, 1.82) is 0 Å². The Morgan fingerprint density at radius 2 is 1.71 bits per heavy atom. The smallest absolute Gasteiger partial charge is 0.385 e. The van der Waals surface area contributed by atoms with Crippen LogP contribution in [0.3, 0.4) is 0 Å². The summed E-state index contributed by atoms with van der Waals surface area (Å²) in [4.78, 5) is 3.71. The quantitative estimate of drug-likeness (QED) is 0.885. The average Bonchev–Trinajstić information content (AvgIpc) is 2.40. The minimum Gasteiger partial charge on any atom is -0.385 e. The molecule has 1 aromatic carbocycles. The molecule has 0 aliphatic heterocycles. The van der Waals surface area contributed by atoms with E-state index < -0.39 is 17.3 Å². The van der Waals surface area contributed by atoms with Crippen molar-refractivity contribution >= 4 is 15.9 Å². The maximum atomic E-state index is 13.0. The van der Waals surface area contributed by atoms with Gasteiger partial charge < -0.3 is 5.11 Å². The Morgan fingerprint density at radius 1 is 1.10 bits per heavy atom. The van der Waals surface area contributed by atoms with Crippen LogP contribution in [-0.4, -0.2) is 10.1 Å². The first-order valence-corrected chi connectivity index (χ1v) is 6.98. The maximum Gasteiger partial charge on any atom is 0.416 e. The molecule has 1 heterocycles. The van der Waals surface area contributed by atoms with E-state index in [0.717, 1.165) is 28.5 Å². The van der Waals surface area contributed by atoms with Crippen molar-refractivity contribution in [1.82, 2.24) is 4.98 Å². The first-order valence-electron chi connectivity index (χ1n) is 6.19. The highest BCUT2D eigenvalue weighted by Gasteiger charge is 2.38. The van der Waals surface area contributed by atoms with Gasteiger partial charge in [-0.25, -0.2) is 0 Å². The molecule has 0 spiro atoms. The average molecular weight is 360 g/mol. The number of hydrogen-bond donors (Lipinski definition) is 1. The Morgan fingerprint density at radius 3 is 2.29 bits per heavy atom. The van der Waals surface area contributed by atoms with Gasteiger partial charge in [-0.3, -0.25) is 4.98 Å². The van der Waals surface area contributed by atoms with Crippen molar-refractivity contribution in [3.8, 4) is 0 Å². The molecule has 0 amide bonds. The number of pyridine rings is 1. The molecule has 0 fully saturated rings. The second-order valence-corrected chi connectivity index (χ2v) is 5.91. The number of nitrogens with zero attached hydrogens (tertiary/aromatic N) is 1. The lowest BCUT2D eigenvalue weighted by Crippen LogP contribution is -2.28. The Hall–Kier alpha value is -1.40. The fraction of sp³-hybridized carbons (Fsp3) is 0.267. The fourth-order valence-corrected chi connectivity index (χ4v) is 2.43. The lowest BCUT2D eigenvalue weighted by molar-refractivity contribution is -0.140. The van der Waals surface area contributed by atoms with Gasteiger partial charge in [-0.1, -0.05) is 28.1 Å². The molecule has 21 heavy (non-hydrogen) atoms. The van der Waals surface area contributed by atoms with Gasteiger partial charge >= 0.3 is 6.18 Å². The molecule has 0 aliphatic rings. The van der Waals surface area contributed by atoms with Gasteiger partial charge in [-0.2, -0.15) is 13.2 Å². The van der Waals surface area contributed by atoms with Gasteiger partial charge in [0.25, 0.3) is 0 Å². The van der Waals surface area contributed by atoms with E-state index in [1.54, 1.807) is 24.3 Å². The van der Waals surface area contributed by atoms with Crippen LogP contribution in [0.25, 0.3) is 0 Å². The first kappa shape index (κ1) is 16.0. The highest BCUT2D eigenvalue weighted by atomic mass is 79.9. The number of aliphatic hydroxyl groups is 1. The van der Waals surface area contributed by atoms with Gasteiger partial charge in [-0.05, 0) is 30.7 Å². The Balaban J connectivity index is 2.38. The molecule has 6 heteroatoms. The molecule has 1 atom stereocenters. The van der Waals surface area contributed by atoms with Gasteiger partial charge in [-0.15, -0.1) is 0 Å². The Labute approximate surface area is 128 Å².